The summed E-state index contributed by atoms with van der Waals surface area (Å²) in [6.07, 6.45) is -1.07. The lowest BCUT2D eigenvalue weighted by atomic mass is 10.1. The summed E-state index contributed by atoms with van der Waals surface area (Å²) < 4.78 is 14.6. The second kappa shape index (κ2) is 13.6. The fourth-order valence-corrected chi connectivity index (χ4v) is 6.78. The lowest BCUT2D eigenvalue weighted by Crippen LogP contribution is -2.27. The Morgan fingerprint density at radius 1 is 0.466 bits per heavy atom. The minimum atomic E-state index is -0.708. The molecule has 0 aliphatic heterocycles. The Hall–Kier alpha value is -7.56. The molecule has 0 aliphatic carbocycles. The molecule has 0 N–H and O–H groups in total. The molecule has 9 rings (SSSR count). The normalized spacial score (nSPS) is 11.8. The predicted molar refractivity (Wildman–Crippen MR) is 227 cm³/mol. The largest absolute Gasteiger partial charge is 0.443 e. The Morgan fingerprint density at radius 2 is 0.793 bits per heavy atom. The molecule has 0 spiro atoms. The average molecular weight is 761 g/mol. The quantitative estimate of drug-likeness (QED) is 0.140. The summed E-state index contributed by atoms with van der Waals surface area (Å²) in [5, 5.41) is 1.56. The van der Waals surface area contributed by atoms with Crippen LogP contribution in [0.3, 0.4) is 0 Å². The van der Waals surface area contributed by atoms with E-state index in [-0.39, 0.29) is 0 Å². The van der Waals surface area contributed by atoms with Crippen LogP contribution in [0.5, 0.6) is 0 Å². The molecule has 0 aliphatic rings. The molecule has 0 radical (unpaired) electrons. The fraction of sp³-hybridized carbons (Fsp3) is 0.167. The molecule has 0 saturated carbocycles. The van der Waals surface area contributed by atoms with Crippen molar-refractivity contribution in [3.05, 3.63) is 131 Å². The van der Waals surface area contributed by atoms with E-state index in [2.05, 4.69) is 23.7 Å². The number of ether oxygens (including phenoxy) is 2. The Labute approximate surface area is 333 Å². The van der Waals surface area contributed by atoms with Crippen molar-refractivity contribution in [3.8, 4) is 23.7 Å². The molecule has 9 aromatic rings. The first-order chi connectivity index (χ1) is 27.8. The number of hydrogen-bond acceptors (Lipinski definition) is 8. The Balaban J connectivity index is 1.03. The van der Waals surface area contributed by atoms with Gasteiger partial charge in [-0.2, -0.15) is 0 Å². The van der Waals surface area contributed by atoms with Crippen LogP contribution in [0.1, 0.15) is 63.8 Å². The number of nitrogens with zero attached hydrogens (tertiary/aromatic N) is 6. The molecule has 0 unspecified atom stereocenters. The second-order valence-corrected chi connectivity index (χ2v) is 15.9. The standard InChI is InChI=1S/C48H36N6O4/c1-47(2,3)57-45(55)53-39-27-31(23-25-33(39)41-43(53)51-37-13-9-7-11-35(37)49-41)21-19-29-15-17-30(18-16-29)20-22-32-24-26-34-40(28-32)54(46(56)58-48(4,5)6)44-42(34)50-36-12-8-10-14-38(36)52-44/h7-18,23-28H,1-6H3. The summed E-state index contributed by atoms with van der Waals surface area (Å²) in [4.78, 5) is 46.5. The van der Waals surface area contributed by atoms with Crippen molar-refractivity contribution in [2.75, 3.05) is 0 Å². The van der Waals surface area contributed by atoms with Gasteiger partial charge in [0.25, 0.3) is 0 Å². The highest BCUT2D eigenvalue weighted by atomic mass is 16.6. The molecule has 0 fully saturated rings. The molecular weight excluding hydrogens is 725 g/mol. The summed E-state index contributed by atoms with van der Waals surface area (Å²) >= 11 is 0. The predicted octanol–water partition coefficient (Wildman–Crippen LogP) is 10.2. The van der Waals surface area contributed by atoms with Gasteiger partial charge in [-0.05, 0) is 126 Å². The molecular formula is C48H36N6O4. The molecule has 5 aromatic carbocycles. The van der Waals surface area contributed by atoms with Gasteiger partial charge in [0, 0.05) is 33.0 Å². The molecule has 282 valence electrons. The highest BCUT2D eigenvalue weighted by Crippen LogP contribution is 2.32. The monoisotopic (exact) mass is 760 g/mol. The van der Waals surface area contributed by atoms with Gasteiger partial charge in [-0.3, -0.25) is 0 Å². The van der Waals surface area contributed by atoms with Crippen molar-refractivity contribution in [1.29, 1.82) is 0 Å². The minimum Gasteiger partial charge on any atom is -0.443 e. The van der Waals surface area contributed by atoms with Crippen molar-refractivity contribution in [2.45, 2.75) is 52.7 Å². The third-order valence-electron chi connectivity index (χ3n) is 9.25. The summed E-state index contributed by atoms with van der Waals surface area (Å²) in [7, 11) is 0. The summed E-state index contributed by atoms with van der Waals surface area (Å²) in [5.41, 5.74) is 7.76. The van der Waals surface area contributed by atoms with Crippen LogP contribution in [0.25, 0.3) is 66.2 Å². The molecule has 10 heteroatoms. The van der Waals surface area contributed by atoms with E-state index in [1.54, 1.807) is 0 Å². The van der Waals surface area contributed by atoms with Gasteiger partial charge in [0.05, 0.1) is 33.1 Å². The molecule has 0 bridgehead atoms. The van der Waals surface area contributed by atoms with Gasteiger partial charge in [0.15, 0.2) is 11.3 Å². The third kappa shape index (κ3) is 6.82. The Bertz CT molecular complexity index is 3080. The Morgan fingerprint density at radius 3 is 1.16 bits per heavy atom. The van der Waals surface area contributed by atoms with Gasteiger partial charge in [0.2, 0.25) is 0 Å². The van der Waals surface area contributed by atoms with E-state index < -0.39 is 23.4 Å². The number of fused-ring (bicyclic) bond motifs is 8. The molecule has 0 atom stereocenters. The maximum absolute atomic E-state index is 13.6. The third-order valence-corrected chi connectivity index (χ3v) is 9.25. The van der Waals surface area contributed by atoms with Crippen LogP contribution in [-0.2, 0) is 9.47 Å². The first-order valence-corrected chi connectivity index (χ1v) is 18.8. The summed E-state index contributed by atoms with van der Waals surface area (Å²) in [6, 6.07) is 34.2. The van der Waals surface area contributed by atoms with E-state index in [1.165, 1.54) is 9.13 Å². The zero-order valence-corrected chi connectivity index (χ0v) is 32.7. The van der Waals surface area contributed by atoms with Crippen molar-refractivity contribution in [1.82, 2.24) is 29.1 Å². The van der Waals surface area contributed by atoms with E-state index in [1.807, 2.05) is 151 Å². The minimum absolute atomic E-state index is 0.429. The zero-order valence-electron chi connectivity index (χ0n) is 32.7. The number of rotatable bonds is 0. The van der Waals surface area contributed by atoms with E-state index in [9.17, 15) is 9.59 Å². The van der Waals surface area contributed by atoms with Crippen LogP contribution in [0.4, 0.5) is 9.59 Å². The molecule has 58 heavy (non-hydrogen) atoms. The molecule has 10 nitrogen and oxygen atoms in total. The lowest BCUT2D eigenvalue weighted by molar-refractivity contribution is 0.0539. The SMILES string of the molecule is CC(C)(C)OC(=O)n1c2cc(C#Cc3ccc(C#Cc4ccc5c6nc7ccccc7nc6n(C(=O)OC(C)(C)C)c5c4)cc3)ccc2c2nc3ccccc3nc21. The van der Waals surface area contributed by atoms with Crippen molar-refractivity contribution >= 4 is 78.4 Å². The van der Waals surface area contributed by atoms with E-state index in [0.717, 1.165) is 32.9 Å². The van der Waals surface area contributed by atoms with Gasteiger partial charge in [-0.1, -0.05) is 47.9 Å². The van der Waals surface area contributed by atoms with Gasteiger partial charge in [-0.25, -0.2) is 38.7 Å². The van der Waals surface area contributed by atoms with Gasteiger partial charge >= 0.3 is 12.2 Å². The van der Waals surface area contributed by atoms with E-state index >= 15 is 0 Å². The van der Waals surface area contributed by atoms with Crippen molar-refractivity contribution < 1.29 is 19.1 Å². The van der Waals surface area contributed by atoms with Crippen LogP contribution in [-0.4, -0.2) is 52.5 Å². The van der Waals surface area contributed by atoms with E-state index in [4.69, 9.17) is 29.4 Å². The summed E-state index contributed by atoms with van der Waals surface area (Å²) in [6.45, 7) is 11.0. The second-order valence-electron chi connectivity index (χ2n) is 15.9. The van der Waals surface area contributed by atoms with Crippen LogP contribution >= 0.6 is 0 Å². The molecule has 4 aromatic heterocycles. The van der Waals surface area contributed by atoms with Gasteiger partial charge in [0.1, 0.15) is 22.2 Å². The molecule has 0 saturated heterocycles. The smallest absolute Gasteiger partial charge is 0.420 e. The van der Waals surface area contributed by atoms with Crippen molar-refractivity contribution in [3.63, 3.8) is 0 Å². The average Bonchev–Trinajstić information content (AvgIpc) is 3.67. The Kier molecular flexibility index (Phi) is 8.45. The van der Waals surface area contributed by atoms with Crippen LogP contribution in [0.2, 0.25) is 0 Å². The first kappa shape index (κ1) is 36.1. The van der Waals surface area contributed by atoms with Crippen molar-refractivity contribution in [2.24, 2.45) is 0 Å². The number of aromatic nitrogens is 6. The molecule has 4 heterocycles. The highest BCUT2D eigenvalue weighted by molar-refractivity contribution is 6.12. The van der Waals surface area contributed by atoms with Crippen LogP contribution in [0.15, 0.2) is 109 Å². The van der Waals surface area contributed by atoms with Crippen LogP contribution in [0, 0.1) is 23.7 Å². The number of para-hydroxylation sites is 4. The first-order valence-electron chi connectivity index (χ1n) is 18.8. The zero-order chi connectivity index (χ0) is 40.3. The fourth-order valence-electron chi connectivity index (χ4n) is 6.78. The van der Waals surface area contributed by atoms with Crippen LogP contribution < -0.4 is 0 Å². The summed E-state index contributed by atoms with van der Waals surface area (Å²) in [5.74, 6) is 13.0. The lowest BCUT2D eigenvalue weighted by Gasteiger charge is -2.20. The highest BCUT2D eigenvalue weighted by Gasteiger charge is 2.26. The molecule has 0 amide bonds. The van der Waals surface area contributed by atoms with E-state index in [0.29, 0.717) is 55.5 Å². The number of carbonyl (C=O) groups excluding carboxylic acids is 2. The topological polar surface area (TPSA) is 114 Å². The van der Waals surface area contributed by atoms with Gasteiger partial charge < -0.3 is 9.47 Å². The van der Waals surface area contributed by atoms with Gasteiger partial charge in [-0.15, -0.1) is 0 Å². The number of hydrogen-bond donors (Lipinski definition) is 0. The number of benzene rings is 5. The number of carbonyl (C=O) groups is 2. The maximum Gasteiger partial charge on any atom is 0.420 e. The maximum atomic E-state index is 13.6.